The van der Waals surface area contributed by atoms with Crippen molar-refractivity contribution in [2.45, 2.75) is 52.4 Å². The number of rotatable bonds is 2. The molecule has 64 valence electrons. The highest BCUT2D eigenvalue weighted by Crippen LogP contribution is 2.52. The van der Waals surface area contributed by atoms with Crippen molar-refractivity contribution in [2.75, 3.05) is 0 Å². The third-order valence-electron chi connectivity index (χ3n) is 4.17. The molecule has 0 aliphatic heterocycles. The highest BCUT2D eigenvalue weighted by molar-refractivity contribution is 4.92. The molecule has 0 N–H and O–H groups in total. The van der Waals surface area contributed by atoms with Gasteiger partial charge in [0.15, 0.2) is 0 Å². The van der Waals surface area contributed by atoms with Crippen molar-refractivity contribution in [2.24, 2.45) is 17.3 Å². The summed E-state index contributed by atoms with van der Waals surface area (Å²) in [5.41, 5.74) is 0.737. The molecule has 0 bridgehead atoms. The summed E-state index contributed by atoms with van der Waals surface area (Å²) in [4.78, 5) is 0. The summed E-state index contributed by atoms with van der Waals surface area (Å²) in [7, 11) is 0. The van der Waals surface area contributed by atoms with Gasteiger partial charge in [0.05, 0.1) is 0 Å². The zero-order valence-electron chi connectivity index (χ0n) is 7.90. The molecule has 0 saturated heterocycles. The van der Waals surface area contributed by atoms with Gasteiger partial charge in [0.25, 0.3) is 0 Å². The largest absolute Gasteiger partial charge is 0.0617 e. The van der Waals surface area contributed by atoms with Crippen molar-refractivity contribution in [3.8, 4) is 0 Å². The fourth-order valence-corrected chi connectivity index (χ4v) is 2.80. The van der Waals surface area contributed by atoms with E-state index in [0.717, 1.165) is 17.3 Å². The summed E-state index contributed by atoms with van der Waals surface area (Å²) in [6.45, 7) is 5.01. The first-order valence-electron chi connectivity index (χ1n) is 5.22. The van der Waals surface area contributed by atoms with Crippen LogP contribution in [0.5, 0.6) is 0 Å². The molecule has 0 heterocycles. The molecule has 0 radical (unpaired) electrons. The topological polar surface area (TPSA) is 0 Å². The summed E-state index contributed by atoms with van der Waals surface area (Å²) in [5, 5.41) is 0. The van der Waals surface area contributed by atoms with Crippen LogP contribution in [0.4, 0.5) is 0 Å². The van der Waals surface area contributed by atoms with Crippen molar-refractivity contribution < 1.29 is 0 Å². The normalized spacial score (nSPS) is 32.2. The van der Waals surface area contributed by atoms with Gasteiger partial charge in [0, 0.05) is 0 Å². The Morgan fingerprint density at radius 2 is 1.73 bits per heavy atom. The Morgan fingerprint density at radius 3 is 2.18 bits per heavy atom. The molecular weight excluding hydrogens is 132 g/mol. The van der Waals surface area contributed by atoms with Crippen LogP contribution in [0, 0.1) is 17.3 Å². The molecule has 2 saturated carbocycles. The lowest BCUT2D eigenvalue weighted by atomic mass is 9.74. The molecule has 2 fully saturated rings. The second-order valence-electron chi connectivity index (χ2n) is 4.99. The highest BCUT2D eigenvalue weighted by Gasteiger charge is 2.41. The van der Waals surface area contributed by atoms with Gasteiger partial charge < -0.3 is 0 Å². The van der Waals surface area contributed by atoms with E-state index in [4.69, 9.17) is 0 Å². The molecule has 11 heavy (non-hydrogen) atoms. The van der Waals surface area contributed by atoms with Gasteiger partial charge in [-0.05, 0) is 42.9 Å². The molecule has 0 aromatic carbocycles. The minimum atomic E-state index is 0.737. The Labute approximate surface area is 70.4 Å². The molecule has 1 atom stereocenters. The monoisotopic (exact) mass is 152 g/mol. The minimum absolute atomic E-state index is 0.737. The predicted molar refractivity (Wildman–Crippen MR) is 48.5 cm³/mol. The van der Waals surface area contributed by atoms with Crippen molar-refractivity contribution >= 4 is 0 Å². The van der Waals surface area contributed by atoms with E-state index in [1.807, 2.05) is 0 Å². The quantitative estimate of drug-likeness (QED) is 0.567. The molecule has 0 aromatic rings. The zero-order chi connectivity index (χ0) is 7.90. The average molecular weight is 152 g/mol. The molecule has 2 aliphatic rings. The summed E-state index contributed by atoms with van der Waals surface area (Å²) in [6, 6.07) is 0. The standard InChI is InChI=1S/C11H20/c1-9(10-5-6-10)11(2)7-3-4-8-11/h9-10H,3-8H2,1-2H3. The number of hydrogen-bond acceptors (Lipinski definition) is 0. The van der Waals surface area contributed by atoms with Crippen molar-refractivity contribution in [3.05, 3.63) is 0 Å². The van der Waals surface area contributed by atoms with Crippen LogP contribution in [-0.4, -0.2) is 0 Å². The Morgan fingerprint density at radius 1 is 1.18 bits per heavy atom. The lowest BCUT2D eigenvalue weighted by Gasteiger charge is -2.31. The maximum atomic E-state index is 2.52. The molecule has 0 aromatic heterocycles. The maximum absolute atomic E-state index is 2.52. The fourth-order valence-electron chi connectivity index (χ4n) is 2.80. The summed E-state index contributed by atoms with van der Waals surface area (Å²) < 4.78 is 0. The van der Waals surface area contributed by atoms with E-state index in [2.05, 4.69) is 13.8 Å². The van der Waals surface area contributed by atoms with E-state index in [1.54, 1.807) is 0 Å². The SMILES string of the molecule is CC(C1CC1)C1(C)CCCC1. The summed E-state index contributed by atoms with van der Waals surface area (Å²) >= 11 is 0. The minimum Gasteiger partial charge on any atom is -0.0617 e. The maximum Gasteiger partial charge on any atom is -0.0298 e. The van der Waals surface area contributed by atoms with Crippen molar-refractivity contribution in [1.29, 1.82) is 0 Å². The van der Waals surface area contributed by atoms with E-state index in [0.29, 0.717) is 0 Å². The third kappa shape index (κ3) is 1.32. The molecule has 2 rings (SSSR count). The Balaban J connectivity index is 1.99. The van der Waals surface area contributed by atoms with E-state index in [1.165, 1.54) is 38.5 Å². The van der Waals surface area contributed by atoms with E-state index < -0.39 is 0 Å². The van der Waals surface area contributed by atoms with Gasteiger partial charge in [0.2, 0.25) is 0 Å². The zero-order valence-corrected chi connectivity index (χ0v) is 7.90. The van der Waals surface area contributed by atoms with E-state index in [9.17, 15) is 0 Å². The lowest BCUT2D eigenvalue weighted by molar-refractivity contribution is 0.185. The van der Waals surface area contributed by atoms with Crippen LogP contribution in [0.15, 0.2) is 0 Å². The fraction of sp³-hybridized carbons (Fsp3) is 1.00. The lowest BCUT2D eigenvalue weighted by Crippen LogP contribution is -2.22. The van der Waals surface area contributed by atoms with Crippen LogP contribution in [0.3, 0.4) is 0 Å². The van der Waals surface area contributed by atoms with Gasteiger partial charge in [-0.2, -0.15) is 0 Å². The van der Waals surface area contributed by atoms with Crippen LogP contribution >= 0.6 is 0 Å². The van der Waals surface area contributed by atoms with Crippen LogP contribution < -0.4 is 0 Å². The van der Waals surface area contributed by atoms with E-state index in [-0.39, 0.29) is 0 Å². The summed E-state index contributed by atoms with van der Waals surface area (Å²) in [5.74, 6) is 2.13. The Hall–Kier alpha value is 0. The van der Waals surface area contributed by atoms with Crippen LogP contribution in [0.2, 0.25) is 0 Å². The predicted octanol–water partition coefficient (Wildman–Crippen LogP) is 3.61. The molecule has 0 spiro atoms. The van der Waals surface area contributed by atoms with E-state index >= 15 is 0 Å². The van der Waals surface area contributed by atoms with Gasteiger partial charge in [-0.1, -0.05) is 26.7 Å². The van der Waals surface area contributed by atoms with Crippen LogP contribution in [0.1, 0.15) is 52.4 Å². The molecule has 0 amide bonds. The molecule has 0 nitrogen and oxygen atoms in total. The first kappa shape index (κ1) is 7.64. The summed E-state index contributed by atoms with van der Waals surface area (Å²) in [6.07, 6.45) is 9.05. The van der Waals surface area contributed by atoms with Crippen molar-refractivity contribution in [3.63, 3.8) is 0 Å². The third-order valence-corrected chi connectivity index (χ3v) is 4.17. The van der Waals surface area contributed by atoms with Gasteiger partial charge >= 0.3 is 0 Å². The van der Waals surface area contributed by atoms with Crippen LogP contribution in [-0.2, 0) is 0 Å². The van der Waals surface area contributed by atoms with Gasteiger partial charge in [-0.25, -0.2) is 0 Å². The van der Waals surface area contributed by atoms with Gasteiger partial charge in [0.1, 0.15) is 0 Å². The first-order chi connectivity index (χ1) is 5.22. The van der Waals surface area contributed by atoms with Crippen molar-refractivity contribution in [1.82, 2.24) is 0 Å². The second-order valence-corrected chi connectivity index (χ2v) is 4.99. The second kappa shape index (κ2) is 2.50. The average Bonchev–Trinajstić information content (AvgIpc) is 2.74. The molecule has 0 heteroatoms. The van der Waals surface area contributed by atoms with Gasteiger partial charge in [-0.15, -0.1) is 0 Å². The molecular formula is C11H20. The number of hydrogen-bond donors (Lipinski definition) is 0. The smallest absolute Gasteiger partial charge is 0.0298 e. The highest BCUT2D eigenvalue weighted by atomic mass is 14.5. The first-order valence-corrected chi connectivity index (χ1v) is 5.22. The Kier molecular flexibility index (Phi) is 1.74. The molecule has 1 unspecified atom stereocenters. The van der Waals surface area contributed by atoms with Crippen LogP contribution in [0.25, 0.3) is 0 Å². The Bertz CT molecular complexity index is 138. The van der Waals surface area contributed by atoms with Gasteiger partial charge in [-0.3, -0.25) is 0 Å². The molecule has 2 aliphatic carbocycles.